The van der Waals surface area contributed by atoms with E-state index in [1.165, 1.54) is 0 Å². The van der Waals surface area contributed by atoms with Crippen molar-refractivity contribution in [3.8, 4) is 16.9 Å². The Hall–Kier alpha value is -2.23. The van der Waals surface area contributed by atoms with E-state index in [4.69, 9.17) is 4.74 Å². The van der Waals surface area contributed by atoms with Crippen molar-refractivity contribution in [2.24, 2.45) is 0 Å². The lowest BCUT2D eigenvalue weighted by Gasteiger charge is -2.05. The van der Waals surface area contributed by atoms with Crippen LogP contribution in [0.3, 0.4) is 0 Å². The van der Waals surface area contributed by atoms with E-state index < -0.39 is 5.97 Å². The number of H-pyrrole nitrogens is 1. The number of fused-ring (bicyclic) bond motifs is 3. The van der Waals surface area contributed by atoms with Crippen LogP contribution in [0.4, 0.5) is 0 Å². The molecule has 0 atom stereocenters. The first kappa shape index (κ1) is 10.9. The van der Waals surface area contributed by atoms with Gasteiger partial charge in [-0.1, -0.05) is 6.07 Å². The fourth-order valence-corrected chi connectivity index (χ4v) is 2.65. The van der Waals surface area contributed by atoms with Crippen molar-refractivity contribution in [1.29, 1.82) is 0 Å². The van der Waals surface area contributed by atoms with E-state index in [2.05, 4.69) is 4.98 Å². The highest BCUT2D eigenvalue weighted by Gasteiger charge is 2.28. The monoisotopic (exact) mass is 243 g/mol. The summed E-state index contributed by atoms with van der Waals surface area (Å²) in [5, 5.41) is 9.32. The molecule has 2 aromatic rings. The lowest BCUT2D eigenvalue weighted by Crippen LogP contribution is -1.99. The van der Waals surface area contributed by atoms with Crippen molar-refractivity contribution >= 4 is 5.97 Å². The van der Waals surface area contributed by atoms with Gasteiger partial charge in [0.25, 0.3) is 0 Å². The molecule has 1 aromatic heterocycles. The summed E-state index contributed by atoms with van der Waals surface area (Å²) in [6, 6.07) is 5.79. The van der Waals surface area contributed by atoms with Crippen LogP contribution in [-0.4, -0.2) is 23.2 Å². The van der Waals surface area contributed by atoms with Crippen LogP contribution in [0.15, 0.2) is 18.2 Å². The molecule has 0 unspecified atom stereocenters. The summed E-state index contributed by atoms with van der Waals surface area (Å²) in [6.45, 7) is 1.79. The molecule has 0 amide bonds. The quantitative estimate of drug-likeness (QED) is 0.727. The summed E-state index contributed by atoms with van der Waals surface area (Å²) in [5.74, 6) is -0.141. The Balaban J connectivity index is 2.27. The number of hydrogen-bond donors (Lipinski definition) is 2. The highest BCUT2D eigenvalue weighted by atomic mass is 16.5. The first-order valence-electron chi connectivity index (χ1n) is 5.74. The van der Waals surface area contributed by atoms with Crippen LogP contribution in [0, 0.1) is 6.92 Å². The molecule has 1 aromatic carbocycles. The average molecular weight is 243 g/mol. The number of rotatable bonds is 2. The van der Waals surface area contributed by atoms with Crippen LogP contribution in [0.2, 0.25) is 0 Å². The highest BCUT2D eigenvalue weighted by molar-refractivity contribution is 6.00. The van der Waals surface area contributed by atoms with E-state index in [-0.39, 0.29) is 0 Å². The molecule has 1 aliphatic rings. The molecular weight excluding hydrogens is 230 g/mol. The van der Waals surface area contributed by atoms with Crippen LogP contribution in [0.5, 0.6) is 5.75 Å². The van der Waals surface area contributed by atoms with Crippen LogP contribution >= 0.6 is 0 Å². The summed E-state index contributed by atoms with van der Waals surface area (Å²) in [6.07, 6.45) is 0.753. The first-order valence-corrected chi connectivity index (χ1v) is 5.74. The van der Waals surface area contributed by atoms with E-state index >= 15 is 0 Å². The Morgan fingerprint density at radius 2 is 2.22 bits per heavy atom. The minimum Gasteiger partial charge on any atom is -0.497 e. The number of carboxylic acids is 1. The molecule has 18 heavy (non-hydrogen) atoms. The fourth-order valence-electron chi connectivity index (χ4n) is 2.65. The Bertz CT molecular complexity index is 655. The highest BCUT2D eigenvalue weighted by Crippen LogP contribution is 2.41. The predicted octanol–water partition coefficient (Wildman–Crippen LogP) is 2.60. The minimum absolute atomic E-state index is 0.372. The number of benzene rings is 1. The third-order valence-electron chi connectivity index (χ3n) is 3.43. The molecule has 4 nitrogen and oxygen atoms in total. The number of aryl methyl sites for hydroxylation is 1. The zero-order valence-electron chi connectivity index (χ0n) is 10.2. The maximum Gasteiger partial charge on any atom is 0.338 e. The molecule has 3 rings (SSSR count). The molecule has 0 radical (unpaired) electrons. The summed E-state index contributed by atoms with van der Waals surface area (Å²) < 4.78 is 5.20. The fraction of sp³-hybridized carbons (Fsp3) is 0.214. The zero-order chi connectivity index (χ0) is 12.9. The smallest absolute Gasteiger partial charge is 0.338 e. The lowest BCUT2D eigenvalue weighted by molar-refractivity contribution is 0.0697. The van der Waals surface area contributed by atoms with Gasteiger partial charge >= 0.3 is 5.97 Å². The Morgan fingerprint density at radius 1 is 1.44 bits per heavy atom. The number of hydrogen-bond acceptors (Lipinski definition) is 2. The Kier molecular flexibility index (Phi) is 2.20. The standard InChI is InChI=1S/C14H13NO3/c1-7-12(14(16)17)13-10-6-9(18-2)4-3-8(10)5-11(13)15-7/h3-4,6,15H,5H2,1-2H3,(H,16,17). The maximum atomic E-state index is 11.4. The van der Waals surface area contributed by atoms with Gasteiger partial charge in [-0.05, 0) is 30.2 Å². The number of aromatic amines is 1. The predicted molar refractivity (Wildman–Crippen MR) is 67.3 cm³/mol. The molecule has 0 aliphatic heterocycles. The van der Waals surface area contributed by atoms with Crippen LogP contribution in [0.1, 0.15) is 27.3 Å². The maximum absolute atomic E-state index is 11.4. The summed E-state index contributed by atoms with van der Waals surface area (Å²) in [5.41, 5.74) is 4.98. The van der Waals surface area contributed by atoms with Gasteiger partial charge in [0.15, 0.2) is 0 Å². The molecule has 4 heteroatoms. The van der Waals surface area contributed by atoms with E-state index in [1.807, 2.05) is 18.2 Å². The molecule has 0 saturated carbocycles. The van der Waals surface area contributed by atoms with E-state index in [0.29, 0.717) is 11.3 Å². The third-order valence-corrected chi connectivity index (χ3v) is 3.43. The Morgan fingerprint density at radius 3 is 2.89 bits per heavy atom. The van der Waals surface area contributed by atoms with Gasteiger partial charge in [-0.25, -0.2) is 4.79 Å². The molecule has 0 bridgehead atoms. The molecule has 1 heterocycles. The SMILES string of the molecule is COc1ccc2c(c1)-c1c([nH]c(C)c1C(=O)O)C2. The van der Waals surface area contributed by atoms with Gasteiger partial charge in [0.05, 0.1) is 12.7 Å². The number of ether oxygens (including phenoxy) is 1. The Labute approximate surface area is 104 Å². The molecule has 0 saturated heterocycles. The number of aromatic carboxylic acids is 1. The number of aromatic nitrogens is 1. The molecular formula is C14H13NO3. The molecule has 92 valence electrons. The van der Waals surface area contributed by atoms with Crippen molar-refractivity contribution in [3.05, 3.63) is 40.7 Å². The summed E-state index contributed by atoms with van der Waals surface area (Å²) >= 11 is 0. The third kappa shape index (κ3) is 1.35. The van der Waals surface area contributed by atoms with E-state index in [0.717, 1.165) is 34.6 Å². The number of carbonyl (C=O) groups is 1. The number of methoxy groups -OCH3 is 1. The van der Waals surface area contributed by atoms with E-state index in [9.17, 15) is 9.90 Å². The normalized spacial score (nSPS) is 12.1. The molecule has 0 spiro atoms. The largest absolute Gasteiger partial charge is 0.497 e. The minimum atomic E-state index is -0.888. The van der Waals surface area contributed by atoms with Gasteiger partial charge in [0.2, 0.25) is 0 Å². The molecule has 2 N–H and O–H groups in total. The van der Waals surface area contributed by atoms with Gasteiger partial charge < -0.3 is 14.8 Å². The van der Waals surface area contributed by atoms with Gasteiger partial charge in [-0.15, -0.1) is 0 Å². The van der Waals surface area contributed by atoms with Gasteiger partial charge in [-0.3, -0.25) is 0 Å². The average Bonchev–Trinajstić information content (AvgIpc) is 2.82. The second-order valence-electron chi connectivity index (χ2n) is 4.48. The second kappa shape index (κ2) is 3.63. The zero-order valence-corrected chi connectivity index (χ0v) is 10.2. The van der Waals surface area contributed by atoms with Crippen LogP contribution in [-0.2, 0) is 6.42 Å². The van der Waals surface area contributed by atoms with Crippen molar-refractivity contribution in [1.82, 2.24) is 4.98 Å². The van der Waals surface area contributed by atoms with Crippen molar-refractivity contribution < 1.29 is 14.6 Å². The van der Waals surface area contributed by atoms with Gasteiger partial charge in [0, 0.05) is 23.4 Å². The first-order chi connectivity index (χ1) is 8.61. The van der Waals surface area contributed by atoms with E-state index in [1.54, 1.807) is 14.0 Å². The van der Waals surface area contributed by atoms with Gasteiger partial charge in [-0.2, -0.15) is 0 Å². The second-order valence-corrected chi connectivity index (χ2v) is 4.48. The van der Waals surface area contributed by atoms with Crippen LogP contribution < -0.4 is 4.74 Å². The molecule has 1 aliphatic carbocycles. The van der Waals surface area contributed by atoms with Gasteiger partial charge in [0.1, 0.15) is 5.75 Å². The summed E-state index contributed by atoms with van der Waals surface area (Å²) in [4.78, 5) is 14.5. The van der Waals surface area contributed by atoms with Crippen molar-refractivity contribution in [2.45, 2.75) is 13.3 Å². The van der Waals surface area contributed by atoms with Crippen molar-refractivity contribution in [3.63, 3.8) is 0 Å². The molecule has 0 fully saturated rings. The number of carboxylic acid groups (broad SMARTS) is 1. The lowest BCUT2D eigenvalue weighted by atomic mass is 10.0. The van der Waals surface area contributed by atoms with Crippen LogP contribution in [0.25, 0.3) is 11.1 Å². The number of nitrogens with one attached hydrogen (secondary N) is 1. The topological polar surface area (TPSA) is 62.3 Å². The summed E-state index contributed by atoms with van der Waals surface area (Å²) in [7, 11) is 1.61. The van der Waals surface area contributed by atoms with Crippen molar-refractivity contribution in [2.75, 3.05) is 7.11 Å².